The van der Waals surface area contributed by atoms with Gasteiger partial charge in [-0.05, 0) is 6.42 Å². The van der Waals surface area contributed by atoms with E-state index in [0.717, 1.165) is 0 Å². The zero-order valence-electron chi connectivity index (χ0n) is 5.13. The molecule has 0 aromatic heterocycles. The first-order valence-corrected chi connectivity index (χ1v) is 2.98. The number of amides is 1. The van der Waals surface area contributed by atoms with Crippen LogP contribution in [0.4, 0.5) is 0 Å². The van der Waals surface area contributed by atoms with Crippen molar-refractivity contribution in [3.05, 3.63) is 0 Å². The van der Waals surface area contributed by atoms with E-state index in [2.05, 4.69) is 5.32 Å². The van der Waals surface area contributed by atoms with Gasteiger partial charge in [-0.2, -0.15) is 0 Å². The molecule has 5 N–H and O–H groups in total. The van der Waals surface area contributed by atoms with Gasteiger partial charge in [0.15, 0.2) is 0 Å². The van der Waals surface area contributed by atoms with E-state index in [1.807, 2.05) is 0 Å². The van der Waals surface area contributed by atoms with E-state index in [1.54, 1.807) is 0 Å². The van der Waals surface area contributed by atoms with Crippen LogP contribution in [0.2, 0.25) is 0 Å². The van der Waals surface area contributed by atoms with Crippen LogP contribution in [0.3, 0.4) is 0 Å². The van der Waals surface area contributed by atoms with E-state index in [9.17, 15) is 4.79 Å². The molecular formula is C5H11N3O. The molecule has 0 aliphatic carbocycles. The molecule has 0 bridgehead atoms. The number of rotatable bonds is 1. The fourth-order valence-electron chi connectivity index (χ4n) is 0.980. The zero-order chi connectivity index (χ0) is 6.85. The average Bonchev–Trinajstić information content (AvgIpc) is 2.14. The first kappa shape index (κ1) is 6.51. The average molecular weight is 129 g/mol. The number of nitrogens with two attached hydrogens (primary N) is 2. The number of hydrogen-bond acceptors (Lipinski definition) is 3. The molecule has 1 aliphatic heterocycles. The Bertz CT molecular complexity index is 125. The molecule has 4 heteroatoms. The van der Waals surface area contributed by atoms with Crippen LogP contribution in [-0.4, -0.2) is 24.5 Å². The van der Waals surface area contributed by atoms with Gasteiger partial charge >= 0.3 is 0 Å². The number of carbonyl (C=O) groups excluding carboxylic acids is 1. The van der Waals surface area contributed by atoms with Gasteiger partial charge in [-0.3, -0.25) is 4.79 Å². The van der Waals surface area contributed by atoms with E-state index in [1.165, 1.54) is 0 Å². The zero-order valence-corrected chi connectivity index (χ0v) is 5.13. The van der Waals surface area contributed by atoms with E-state index in [0.29, 0.717) is 13.0 Å². The molecule has 1 rings (SSSR count). The topological polar surface area (TPSA) is 81.1 Å². The second-order valence-corrected chi connectivity index (χ2v) is 2.36. The number of hydrogen-bond donors (Lipinski definition) is 3. The van der Waals surface area contributed by atoms with Gasteiger partial charge in [0, 0.05) is 12.6 Å². The van der Waals surface area contributed by atoms with Gasteiger partial charge in [0.25, 0.3) is 0 Å². The summed E-state index contributed by atoms with van der Waals surface area (Å²) in [5, 5.41) is 2.91. The third kappa shape index (κ3) is 1.40. The van der Waals surface area contributed by atoms with Crippen LogP contribution in [0.5, 0.6) is 0 Å². The van der Waals surface area contributed by atoms with E-state index >= 15 is 0 Å². The lowest BCUT2D eigenvalue weighted by atomic mass is 10.2. The molecule has 1 saturated heterocycles. The van der Waals surface area contributed by atoms with Crippen molar-refractivity contribution in [2.75, 3.05) is 6.54 Å². The first-order chi connectivity index (χ1) is 4.20. The lowest BCUT2D eigenvalue weighted by Gasteiger charge is -2.01. The van der Waals surface area contributed by atoms with Crippen molar-refractivity contribution in [1.29, 1.82) is 0 Å². The molecule has 0 radical (unpaired) electrons. The number of primary amides is 1. The van der Waals surface area contributed by atoms with Crippen molar-refractivity contribution in [3.63, 3.8) is 0 Å². The summed E-state index contributed by atoms with van der Waals surface area (Å²) >= 11 is 0. The predicted molar refractivity (Wildman–Crippen MR) is 33.6 cm³/mol. The molecule has 4 nitrogen and oxygen atoms in total. The minimum Gasteiger partial charge on any atom is -0.368 e. The Hall–Kier alpha value is -0.610. The van der Waals surface area contributed by atoms with Crippen LogP contribution in [0.1, 0.15) is 6.42 Å². The Kier molecular flexibility index (Phi) is 1.68. The summed E-state index contributed by atoms with van der Waals surface area (Å²) in [6.45, 7) is 0.702. The van der Waals surface area contributed by atoms with Gasteiger partial charge in [-0.1, -0.05) is 0 Å². The maximum absolute atomic E-state index is 10.5. The summed E-state index contributed by atoms with van der Waals surface area (Å²) in [4.78, 5) is 10.5. The summed E-state index contributed by atoms with van der Waals surface area (Å²) in [6, 6.07) is -0.0949. The number of carbonyl (C=O) groups is 1. The Morgan fingerprint density at radius 2 is 2.33 bits per heavy atom. The smallest absolute Gasteiger partial charge is 0.234 e. The van der Waals surface area contributed by atoms with Crippen molar-refractivity contribution in [2.24, 2.45) is 11.5 Å². The largest absolute Gasteiger partial charge is 0.368 e. The van der Waals surface area contributed by atoms with Crippen molar-refractivity contribution in [3.8, 4) is 0 Å². The third-order valence-corrected chi connectivity index (χ3v) is 1.51. The molecule has 0 aromatic carbocycles. The van der Waals surface area contributed by atoms with Crippen LogP contribution in [-0.2, 0) is 4.79 Å². The highest BCUT2D eigenvalue weighted by Gasteiger charge is 2.24. The first-order valence-electron chi connectivity index (χ1n) is 2.98. The fourth-order valence-corrected chi connectivity index (χ4v) is 0.980. The minimum atomic E-state index is -0.303. The normalized spacial score (nSPS) is 34.8. The summed E-state index contributed by atoms with van der Waals surface area (Å²) in [5.74, 6) is -0.303. The highest BCUT2D eigenvalue weighted by molar-refractivity contribution is 5.80. The number of nitrogens with one attached hydrogen (secondary N) is 1. The highest BCUT2D eigenvalue weighted by atomic mass is 16.1. The molecule has 9 heavy (non-hydrogen) atoms. The molecule has 1 amide bonds. The van der Waals surface area contributed by atoms with Crippen LogP contribution < -0.4 is 16.8 Å². The Morgan fingerprint density at radius 1 is 1.67 bits per heavy atom. The molecule has 0 spiro atoms. The van der Waals surface area contributed by atoms with Crippen LogP contribution >= 0.6 is 0 Å². The molecule has 1 heterocycles. The van der Waals surface area contributed by atoms with Crippen LogP contribution in [0.25, 0.3) is 0 Å². The van der Waals surface area contributed by atoms with Crippen LogP contribution in [0, 0.1) is 0 Å². The fraction of sp³-hybridized carbons (Fsp3) is 0.800. The third-order valence-electron chi connectivity index (χ3n) is 1.51. The standard InChI is InChI=1S/C5H11N3O/c6-3-1-4(5(7)9)8-2-3/h3-4,8H,1-2,6H2,(H2,7,9)/t3-,4-/m0/s1. The summed E-state index contributed by atoms with van der Waals surface area (Å²) in [7, 11) is 0. The Balaban J connectivity index is 2.39. The molecule has 0 unspecified atom stereocenters. The van der Waals surface area contributed by atoms with E-state index in [-0.39, 0.29) is 18.0 Å². The maximum atomic E-state index is 10.5. The van der Waals surface area contributed by atoms with Gasteiger partial charge < -0.3 is 16.8 Å². The van der Waals surface area contributed by atoms with Crippen LogP contribution in [0.15, 0.2) is 0 Å². The SMILES string of the molecule is NC(=O)[C@@H]1C[C@H](N)CN1. The summed E-state index contributed by atoms with van der Waals surface area (Å²) in [6.07, 6.45) is 0.676. The van der Waals surface area contributed by atoms with Gasteiger partial charge in [0.1, 0.15) is 0 Å². The molecule has 1 aliphatic rings. The predicted octanol–water partition coefficient (Wildman–Crippen LogP) is -1.84. The Morgan fingerprint density at radius 3 is 2.56 bits per heavy atom. The van der Waals surface area contributed by atoms with Gasteiger partial charge in [0.05, 0.1) is 6.04 Å². The van der Waals surface area contributed by atoms with E-state index in [4.69, 9.17) is 11.5 Å². The van der Waals surface area contributed by atoms with Crippen molar-refractivity contribution in [2.45, 2.75) is 18.5 Å². The second-order valence-electron chi connectivity index (χ2n) is 2.36. The summed E-state index contributed by atoms with van der Waals surface area (Å²) in [5.41, 5.74) is 10.5. The molecule has 0 saturated carbocycles. The van der Waals surface area contributed by atoms with E-state index < -0.39 is 0 Å². The molecule has 1 fully saturated rings. The Labute approximate surface area is 53.6 Å². The minimum absolute atomic E-state index is 0.0995. The quantitative estimate of drug-likeness (QED) is 0.389. The van der Waals surface area contributed by atoms with Crippen molar-refractivity contribution >= 4 is 5.91 Å². The van der Waals surface area contributed by atoms with Gasteiger partial charge in [0.2, 0.25) is 5.91 Å². The highest BCUT2D eigenvalue weighted by Crippen LogP contribution is 2.02. The summed E-state index contributed by atoms with van der Waals surface area (Å²) < 4.78 is 0. The second kappa shape index (κ2) is 2.33. The van der Waals surface area contributed by atoms with Crippen molar-refractivity contribution in [1.82, 2.24) is 5.32 Å². The monoisotopic (exact) mass is 129 g/mol. The molecule has 2 atom stereocenters. The molecular weight excluding hydrogens is 118 g/mol. The van der Waals surface area contributed by atoms with Crippen molar-refractivity contribution < 1.29 is 4.79 Å². The lowest BCUT2D eigenvalue weighted by Crippen LogP contribution is -2.36. The molecule has 52 valence electrons. The maximum Gasteiger partial charge on any atom is 0.234 e. The molecule has 0 aromatic rings. The lowest BCUT2D eigenvalue weighted by molar-refractivity contribution is -0.119. The van der Waals surface area contributed by atoms with Gasteiger partial charge in [-0.25, -0.2) is 0 Å². The van der Waals surface area contributed by atoms with Gasteiger partial charge in [-0.15, -0.1) is 0 Å².